The Kier molecular flexibility index (Phi) is 3.20. The third-order valence-electron chi connectivity index (χ3n) is 2.08. The van der Waals surface area contributed by atoms with Gasteiger partial charge in [0, 0.05) is 18.0 Å². The fraction of sp³-hybridized carbons (Fsp3) is 0.111. The number of tetrazole rings is 1. The second kappa shape index (κ2) is 4.80. The second-order valence-corrected chi connectivity index (χ2v) is 4.28. The van der Waals surface area contributed by atoms with Crippen LogP contribution < -0.4 is 0 Å². The third kappa shape index (κ3) is 2.28. The lowest BCUT2D eigenvalue weighted by Crippen LogP contribution is -1.94. The summed E-state index contributed by atoms with van der Waals surface area (Å²) in [6.45, 7) is 0. The molecule has 9 heteroatoms. The lowest BCUT2D eigenvalue weighted by Gasteiger charge is -2.00. The molecule has 0 amide bonds. The summed E-state index contributed by atoms with van der Waals surface area (Å²) < 4.78 is 1.47. The van der Waals surface area contributed by atoms with Gasteiger partial charge in [0.15, 0.2) is 0 Å². The highest BCUT2D eigenvalue weighted by Crippen LogP contribution is 2.29. The molecule has 0 saturated heterocycles. The van der Waals surface area contributed by atoms with Crippen LogP contribution in [0.4, 0.5) is 5.69 Å². The monoisotopic (exact) mass is 262 g/mol. The van der Waals surface area contributed by atoms with Crippen LogP contribution in [0.25, 0.3) is 0 Å². The predicted octanol–water partition coefficient (Wildman–Crippen LogP) is 1.14. The van der Waals surface area contributed by atoms with Crippen LogP contribution in [0.2, 0.25) is 0 Å². The molecule has 0 aliphatic carbocycles. The fourth-order valence-corrected chi connectivity index (χ4v) is 2.01. The zero-order chi connectivity index (χ0) is 13.1. The first-order chi connectivity index (χ1) is 8.61. The molecule has 1 aromatic carbocycles. The van der Waals surface area contributed by atoms with Gasteiger partial charge >= 0.3 is 0 Å². The maximum absolute atomic E-state index is 10.7. The van der Waals surface area contributed by atoms with Gasteiger partial charge in [0.25, 0.3) is 5.69 Å². The molecule has 0 aliphatic rings. The Morgan fingerprint density at radius 1 is 1.56 bits per heavy atom. The van der Waals surface area contributed by atoms with Crippen molar-refractivity contribution < 1.29 is 4.92 Å². The van der Waals surface area contributed by atoms with Crippen LogP contribution in [0.1, 0.15) is 5.56 Å². The Labute approximate surface area is 105 Å². The van der Waals surface area contributed by atoms with Gasteiger partial charge in [0.2, 0.25) is 5.16 Å². The number of benzene rings is 1. The van der Waals surface area contributed by atoms with Crippen molar-refractivity contribution in [3.8, 4) is 6.07 Å². The van der Waals surface area contributed by atoms with E-state index in [1.165, 1.54) is 28.6 Å². The number of hydrogen-bond acceptors (Lipinski definition) is 7. The lowest BCUT2D eigenvalue weighted by atomic mass is 10.2. The van der Waals surface area contributed by atoms with Gasteiger partial charge in [-0.15, -0.1) is 5.10 Å². The lowest BCUT2D eigenvalue weighted by molar-refractivity contribution is -0.385. The van der Waals surface area contributed by atoms with Gasteiger partial charge in [0.1, 0.15) is 11.6 Å². The Balaban J connectivity index is 2.34. The minimum absolute atomic E-state index is 0.0140. The van der Waals surface area contributed by atoms with Crippen molar-refractivity contribution >= 4 is 17.4 Å². The number of nitro groups is 1. The van der Waals surface area contributed by atoms with Crippen LogP contribution in [-0.2, 0) is 7.05 Å². The normalized spacial score (nSPS) is 10.0. The van der Waals surface area contributed by atoms with Gasteiger partial charge in [-0.1, -0.05) is 0 Å². The molecule has 18 heavy (non-hydrogen) atoms. The fourth-order valence-electron chi connectivity index (χ4n) is 1.24. The van der Waals surface area contributed by atoms with Crippen molar-refractivity contribution in [3.63, 3.8) is 0 Å². The van der Waals surface area contributed by atoms with E-state index in [4.69, 9.17) is 5.26 Å². The molecule has 0 spiro atoms. The number of aromatic nitrogens is 4. The van der Waals surface area contributed by atoms with E-state index in [2.05, 4.69) is 15.5 Å². The van der Waals surface area contributed by atoms with Crippen molar-refractivity contribution in [2.75, 3.05) is 0 Å². The van der Waals surface area contributed by atoms with Gasteiger partial charge in [-0.25, -0.2) is 4.68 Å². The first kappa shape index (κ1) is 12.0. The maximum atomic E-state index is 10.7. The van der Waals surface area contributed by atoms with Crippen LogP contribution in [0.5, 0.6) is 0 Å². The van der Waals surface area contributed by atoms with E-state index in [1.807, 2.05) is 0 Å². The van der Waals surface area contributed by atoms with E-state index >= 15 is 0 Å². The van der Waals surface area contributed by atoms with Crippen LogP contribution in [0.15, 0.2) is 28.3 Å². The summed E-state index contributed by atoms with van der Waals surface area (Å²) in [7, 11) is 1.68. The quantitative estimate of drug-likeness (QED) is 0.602. The zero-order valence-electron chi connectivity index (χ0n) is 9.14. The highest BCUT2D eigenvalue weighted by atomic mass is 32.2. The molecule has 2 aromatic rings. The SMILES string of the molecule is Cn1nnnc1Sc1ccc([N+](=O)[O-])c(C#N)c1. The molecule has 0 fully saturated rings. The number of nitriles is 1. The van der Waals surface area contributed by atoms with E-state index in [0.717, 1.165) is 0 Å². The van der Waals surface area contributed by atoms with Crippen molar-refractivity contribution in [2.45, 2.75) is 10.1 Å². The number of rotatable bonds is 3. The molecule has 0 radical (unpaired) electrons. The summed E-state index contributed by atoms with van der Waals surface area (Å²) in [5, 5.41) is 31.0. The minimum Gasteiger partial charge on any atom is -0.258 e. The maximum Gasteiger partial charge on any atom is 0.287 e. The summed E-state index contributed by atoms with van der Waals surface area (Å²) in [4.78, 5) is 10.7. The zero-order valence-corrected chi connectivity index (χ0v) is 9.96. The van der Waals surface area contributed by atoms with Gasteiger partial charge in [0.05, 0.1) is 4.92 Å². The predicted molar refractivity (Wildman–Crippen MR) is 60.7 cm³/mol. The number of nitrogens with zero attached hydrogens (tertiary/aromatic N) is 6. The summed E-state index contributed by atoms with van der Waals surface area (Å²) in [6, 6.07) is 6.09. The van der Waals surface area contributed by atoms with Gasteiger partial charge in [-0.3, -0.25) is 10.1 Å². The topological polar surface area (TPSA) is 111 Å². The van der Waals surface area contributed by atoms with Gasteiger partial charge < -0.3 is 0 Å². The average Bonchev–Trinajstić information content (AvgIpc) is 2.74. The Bertz CT molecular complexity index is 647. The minimum atomic E-state index is -0.586. The molecule has 0 aliphatic heterocycles. The largest absolute Gasteiger partial charge is 0.287 e. The standard InChI is InChI=1S/C9H6N6O2S/c1-14-9(11-12-13-14)18-7-2-3-8(15(16)17)6(4-7)5-10/h2-4H,1H3. The summed E-state index contributed by atoms with van der Waals surface area (Å²) in [6.07, 6.45) is 0. The van der Waals surface area contributed by atoms with Crippen molar-refractivity contribution in [3.05, 3.63) is 33.9 Å². The Morgan fingerprint density at radius 2 is 2.33 bits per heavy atom. The Hall–Kier alpha value is -2.47. The van der Waals surface area contributed by atoms with E-state index in [0.29, 0.717) is 10.1 Å². The third-order valence-corrected chi connectivity index (χ3v) is 3.09. The van der Waals surface area contributed by atoms with E-state index in [9.17, 15) is 10.1 Å². The molecule has 0 unspecified atom stereocenters. The molecule has 1 heterocycles. The molecule has 8 nitrogen and oxygen atoms in total. The molecule has 0 bridgehead atoms. The number of nitro benzene ring substituents is 1. The van der Waals surface area contributed by atoms with Gasteiger partial charge in [-0.2, -0.15) is 5.26 Å². The van der Waals surface area contributed by atoms with E-state index in [-0.39, 0.29) is 11.3 Å². The van der Waals surface area contributed by atoms with Crippen LogP contribution in [0, 0.1) is 21.4 Å². The summed E-state index contributed by atoms with van der Waals surface area (Å²) >= 11 is 1.22. The summed E-state index contributed by atoms with van der Waals surface area (Å²) in [5.74, 6) is 0. The molecule has 0 atom stereocenters. The number of aryl methyl sites for hydroxylation is 1. The van der Waals surface area contributed by atoms with Crippen molar-refractivity contribution in [2.24, 2.45) is 7.05 Å². The highest BCUT2D eigenvalue weighted by Gasteiger charge is 2.15. The molecule has 1 aromatic heterocycles. The summed E-state index contributed by atoms with van der Waals surface area (Å²) in [5.41, 5.74) is -0.196. The average molecular weight is 262 g/mol. The molecule has 2 rings (SSSR count). The van der Waals surface area contributed by atoms with Crippen molar-refractivity contribution in [1.29, 1.82) is 5.26 Å². The highest BCUT2D eigenvalue weighted by molar-refractivity contribution is 7.99. The van der Waals surface area contributed by atoms with Crippen LogP contribution in [-0.4, -0.2) is 25.1 Å². The number of hydrogen-bond donors (Lipinski definition) is 0. The molecule has 0 saturated carbocycles. The van der Waals surface area contributed by atoms with Crippen LogP contribution >= 0.6 is 11.8 Å². The second-order valence-electron chi connectivity index (χ2n) is 3.23. The molecule has 90 valence electrons. The van der Waals surface area contributed by atoms with E-state index < -0.39 is 4.92 Å². The molecular formula is C9H6N6O2S. The molecule has 0 N–H and O–H groups in total. The van der Waals surface area contributed by atoms with Crippen molar-refractivity contribution in [1.82, 2.24) is 20.2 Å². The first-order valence-corrected chi connectivity index (χ1v) is 5.52. The molecular weight excluding hydrogens is 256 g/mol. The first-order valence-electron chi connectivity index (χ1n) is 4.70. The van der Waals surface area contributed by atoms with Crippen LogP contribution in [0.3, 0.4) is 0 Å². The smallest absolute Gasteiger partial charge is 0.258 e. The Morgan fingerprint density at radius 3 is 2.89 bits per heavy atom. The van der Waals surface area contributed by atoms with E-state index in [1.54, 1.807) is 19.2 Å². The van der Waals surface area contributed by atoms with Gasteiger partial charge in [-0.05, 0) is 34.3 Å².